The van der Waals surface area contributed by atoms with Gasteiger partial charge >= 0.3 is 0 Å². The Hall–Kier alpha value is -4.09. The molecule has 2 aliphatic heterocycles. The molecule has 2 atom stereocenters. The van der Waals surface area contributed by atoms with E-state index in [1.54, 1.807) is 0 Å². The highest BCUT2D eigenvalue weighted by atomic mass is 16.7. The number of fused-ring (bicyclic) bond motifs is 1. The van der Waals surface area contributed by atoms with Crippen LogP contribution in [0.2, 0.25) is 0 Å². The van der Waals surface area contributed by atoms with Crippen molar-refractivity contribution in [3.63, 3.8) is 0 Å². The van der Waals surface area contributed by atoms with Gasteiger partial charge in [-0.05, 0) is 60.2 Å². The Bertz CT molecular complexity index is 1380. The van der Waals surface area contributed by atoms with Crippen LogP contribution in [0.15, 0.2) is 103 Å². The lowest BCUT2D eigenvalue weighted by molar-refractivity contribution is -0.131. The molecule has 0 saturated carbocycles. The monoisotopic (exact) mass is 491 g/mol. The van der Waals surface area contributed by atoms with Gasteiger partial charge in [-0.1, -0.05) is 84.9 Å². The second-order valence-electron chi connectivity index (χ2n) is 9.79. The van der Waals surface area contributed by atoms with Crippen LogP contribution in [0, 0.1) is 12.8 Å². The second-order valence-corrected chi connectivity index (χ2v) is 9.79. The SMILES string of the molecule is Cc1ccccc1N1C(=O)C(CCC(O)(c2ccccc2)c2ccccc2)C1c1ccc2c(c1)OCO2. The lowest BCUT2D eigenvalue weighted by atomic mass is 9.74. The first-order valence-corrected chi connectivity index (χ1v) is 12.7. The molecule has 0 aliphatic carbocycles. The lowest BCUT2D eigenvalue weighted by Crippen LogP contribution is -2.55. The number of hydrogen-bond acceptors (Lipinski definition) is 4. The Morgan fingerprint density at radius 1 is 0.838 bits per heavy atom. The summed E-state index contributed by atoms with van der Waals surface area (Å²) >= 11 is 0. The van der Waals surface area contributed by atoms with Crippen LogP contribution in [0.3, 0.4) is 0 Å². The average molecular weight is 492 g/mol. The minimum Gasteiger partial charge on any atom is -0.454 e. The first-order valence-electron chi connectivity index (χ1n) is 12.7. The van der Waals surface area contributed by atoms with E-state index in [4.69, 9.17) is 9.47 Å². The summed E-state index contributed by atoms with van der Waals surface area (Å²) < 4.78 is 11.2. The first-order chi connectivity index (χ1) is 18.1. The van der Waals surface area contributed by atoms with Crippen LogP contribution in [0.25, 0.3) is 0 Å². The highest BCUT2D eigenvalue weighted by Gasteiger charge is 2.50. The number of ether oxygens (including phenoxy) is 2. The number of β-lactam (4-membered cyclic amide) rings is 1. The summed E-state index contributed by atoms with van der Waals surface area (Å²) in [5, 5.41) is 12.1. The fourth-order valence-corrected chi connectivity index (χ4v) is 5.66. The number of nitrogens with zero attached hydrogens (tertiary/aromatic N) is 1. The van der Waals surface area contributed by atoms with E-state index < -0.39 is 5.60 Å². The number of carbonyl (C=O) groups excluding carboxylic acids is 1. The molecule has 0 radical (unpaired) electrons. The van der Waals surface area contributed by atoms with E-state index in [9.17, 15) is 9.90 Å². The summed E-state index contributed by atoms with van der Waals surface area (Å²) in [4.78, 5) is 15.6. The summed E-state index contributed by atoms with van der Waals surface area (Å²) in [5.41, 5.74) is 3.40. The van der Waals surface area contributed by atoms with Gasteiger partial charge in [0.05, 0.1) is 12.0 Å². The van der Waals surface area contributed by atoms with Gasteiger partial charge in [-0.15, -0.1) is 0 Å². The van der Waals surface area contributed by atoms with Crippen molar-refractivity contribution in [1.29, 1.82) is 0 Å². The van der Waals surface area contributed by atoms with Gasteiger partial charge in [0.15, 0.2) is 11.5 Å². The predicted molar refractivity (Wildman–Crippen MR) is 143 cm³/mol. The number of anilines is 1. The van der Waals surface area contributed by atoms with Gasteiger partial charge in [0, 0.05) is 5.69 Å². The molecular formula is C32H29NO4. The van der Waals surface area contributed by atoms with Crippen molar-refractivity contribution in [1.82, 2.24) is 0 Å². The minimum absolute atomic E-state index is 0.0699. The Kier molecular flexibility index (Phi) is 5.93. The molecule has 186 valence electrons. The number of para-hydroxylation sites is 1. The normalized spacial score (nSPS) is 18.5. The van der Waals surface area contributed by atoms with E-state index in [2.05, 4.69) is 0 Å². The summed E-state index contributed by atoms with van der Waals surface area (Å²) in [5.74, 6) is 1.21. The molecule has 4 aromatic carbocycles. The molecule has 5 heteroatoms. The molecule has 1 fully saturated rings. The van der Waals surface area contributed by atoms with Crippen LogP contribution in [0.1, 0.15) is 41.1 Å². The maximum atomic E-state index is 13.7. The molecule has 1 saturated heterocycles. The highest BCUT2D eigenvalue weighted by molar-refractivity contribution is 6.03. The second kappa shape index (κ2) is 9.41. The van der Waals surface area contributed by atoms with Crippen LogP contribution in [0.5, 0.6) is 11.5 Å². The molecule has 37 heavy (non-hydrogen) atoms. The zero-order valence-electron chi connectivity index (χ0n) is 20.7. The quantitative estimate of drug-likeness (QED) is 0.315. The average Bonchev–Trinajstić information content (AvgIpc) is 3.41. The van der Waals surface area contributed by atoms with Crippen molar-refractivity contribution in [3.05, 3.63) is 125 Å². The maximum absolute atomic E-state index is 13.7. The summed E-state index contributed by atoms with van der Waals surface area (Å²) in [6.07, 6.45) is 0.945. The van der Waals surface area contributed by atoms with Crippen LogP contribution in [-0.2, 0) is 10.4 Å². The zero-order chi connectivity index (χ0) is 25.4. The van der Waals surface area contributed by atoms with Crippen molar-refractivity contribution in [2.24, 2.45) is 5.92 Å². The van der Waals surface area contributed by atoms with Gasteiger partial charge < -0.3 is 19.5 Å². The van der Waals surface area contributed by atoms with Crippen LogP contribution >= 0.6 is 0 Å². The molecule has 2 heterocycles. The zero-order valence-corrected chi connectivity index (χ0v) is 20.7. The molecule has 2 unspecified atom stereocenters. The lowest BCUT2D eigenvalue weighted by Gasteiger charge is -2.49. The minimum atomic E-state index is -1.20. The number of carbonyl (C=O) groups is 1. The standard InChI is InChI=1S/C32H29NO4/c1-22-10-8-9-15-27(22)33-30(23-16-17-28-29(20-23)37-21-36-28)26(31(33)34)18-19-32(35,24-11-4-2-5-12-24)25-13-6-3-7-14-25/h2-17,20,26,30,35H,18-19,21H2,1H3. The van der Waals surface area contributed by atoms with E-state index in [-0.39, 0.29) is 24.7 Å². The van der Waals surface area contributed by atoms with E-state index in [0.29, 0.717) is 18.6 Å². The third kappa shape index (κ3) is 4.05. The van der Waals surface area contributed by atoms with E-state index in [1.165, 1.54) is 0 Å². The Labute approximate surface area is 216 Å². The fourth-order valence-electron chi connectivity index (χ4n) is 5.66. The Morgan fingerprint density at radius 2 is 1.46 bits per heavy atom. The number of hydrogen-bond donors (Lipinski definition) is 1. The summed E-state index contributed by atoms with van der Waals surface area (Å²) in [7, 11) is 0. The molecule has 0 spiro atoms. The van der Waals surface area contributed by atoms with Crippen LogP contribution in [0.4, 0.5) is 5.69 Å². The number of amides is 1. The van der Waals surface area contributed by atoms with E-state index in [0.717, 1.165) is 33.7 Å². The number of aliphatic hydroxyl groups is 1. The van der Waals surface area contributed by atoms with Crippen molar-refractivity contribution in [2.45, 2.75) is 31.4 Å². The third-order valence-electron chi connectivity index (χ3n) is 7.65. The van der Waals surface area contributed by atoms with Gasteiger partial charge in [0.1, 0.15) is 5.60 Å². The predicted octanol–water partition coefficient (Wildman–Crippen LogP) is 6.14. The van der Waals surface area contributed by atoms with Crippen LogP contribution < -0.4 is 14.4 Å². The molecule has 5 nitrogen and oxygen atoms in total. The van der Waals surface area contributed by atoms with Crippen molar-refractivity contribution < 1.29 is 19.4 Å². The number of rotatable bonds is 7. The van der Waals surface area contributed by atoms with Gasteiger partial charge in [-0.25, -0.2) is 0 Å². The van der Waals surface area contributed by atoms with Crippen molar-refractivity contribution in [2.75, 3.05) is 11.7 Å². The number of aryl methyl sites for hydroxylation is 1. The van der Waals surface area contributed by atoms with Crippen LogP contribution in [-0.4, -0.2) is 17.8 Å². The molecular weight excluding hydrogens is 462 g/mol. The van der Waals surface area contributed by atoms with Crippen molar-refractivity contribution in [3.8, 4) is 11.5 Å². The molecule has 1 amide bonds. The largest absolute Gasteiger partial charge is 0.454 e. The number of benzene rings is 4. The van der Waals surface area contributed by atoms with Gasteiger partial charge in [-0.2, -0.15) is 0 Å². The van der Waals surface area contributed by atoms with Gasteiger partial charge in [0.25, 0.3) is 0 Å². The third-order valence-corrected chi connectivity index (χ3v) is 7.65. The Balaban J connectivity index is 1.35. The van der Waals surface area contributed by atoms with E-state index in [1.807, 2.05) is 115 Å². The molecule has 4 aromatic rings. The molecule has 2 aliphatic rings. The van der Waals surface area contributed by atoms with Crippen molar-refractivity contribution >= 4 is 11.6 Å². The molecule has 1 N–H and O–H groups in total. The van der Waals surface area contributed by atoms with Gasteiger partial charge in [0.2, 0.25) is 12.7 Å². The maximum Gasteiger partial charge on any atom is 0.233 e. The molecule has 0 bridgehead atoms. The highest BCUT2D eigenvalue weighted by Crippen LogP contribution is 2.49. The summed E-state index contributed by atoms with van der Waals surface area (Å²) in [6, 6.07) is 33.1. The topological polar surface area (TPSA) is 59.0 Å². The summed E-state index contributed by atoms with van der Waals surface area (Å²) in [6.45, 7) is 2.23. The molecule has 0 aromatic heterocycles. The Morgan fingerprint density at radius 3 is 2.14 bits per heavy atom. The first kappa shape index (κ1) is 23.3. The van der Waals surface area contributed by atoms with Gasteiger partial charge in [-0.3, -0.25) is 4.79 Å². The molecule has 6 rings (SSSR count). The smallest absolute Gasteiger partial charge is 0.233 e. The fraction of sp³-hybridized carbons (Fsp3) is 0.219. The van der Waals surface area contributed by atoms with E-state index >= 15 is 0 Å².